The molecule has 1 unspecified atom stereocenters. The van der Waals surface area contributed by atoms with Crippen molar-refractivity contribution in [1.82, 2.24) is 0 Å². The average Bonchev–Trinajstić information content (AvgIpc) is 2.65. The molecule has 0 saturated carbocycles. The zero-order valence-corrected chi connectivity index (χ0v) is 11.3. The molecule has 3 N–H and O–H groups in total. The van der Waals surface area contributed by atoms with Gasteiger partial charge in [-0.3, -0.25) is 0 Å². The van der Waals surface area contributed by atoms with Gasteiger partial charge in [0.2, 0.25) is 0 Å². The maximum absolute atomic E-state index is 11.5. The van der Waals surface area contributed by atoms with Crippen molar-refractivity contribution in [1.29, 1.82) is 5.26 Å². The second-order valence-electron chi connectivity index (χ2n) is 3.65. The van der Waals surface area contributed by atoms with Crippen molar-refractivity contribution in [2.75, 3.05) is 31.9 Å². The first-order chi connectivity index (χ1) is 8.54. The summed E-state index contributed by atoms with van der Waals surface area (Å²) in [4.78, 5) is 11.7. The smallest absolute Gasteiger partial charge is 0.350 e. The Labute approximate surface area is 109 Å². The third kappa shape index (κ3) is 2.91. The number of nitrogens with zero attached hydrogens (tertiary/aromatic N) is 1. The molecule has 0 fully saturated rings. The minimum atomic E-state index is -0.540. The molecule has 1 aromatic heterocycles. The van der Waals surface area contributed by atoms with Gasteiger partial charge in [0.1, 0.15) is 21.5 Å². The zero-order valence-electron chi connectivity index (χ0n) is 10.4. The zero-order chi connectivity index (χ0) is 13.7. The van der Waals surface area contributed by atoms with Crippen LogP contribution in [0.2, 0.25) is 0 Å². The summed E-state index contributed by atoms with van der Waals surface area (Å²) < 4.78 is 9.60. The summed E-state index contributed by atoms with van der Waals surface area (Å²) >= 11 is 1.11. The molecular formula is C11H15N3O3S. The second kappa shape index (κ2) is 6.23. The number of nitrogen functional groups attached to an aromatic ring is 1. The molecule has 0 amide bonds. The molecule has 0 aliphatic heterocycles. The number of esters is 1. The van der Waals surface area contributed by atoms with E-state index in [1.807, 2.05) is 13.0 Å². The van der Waals surface area contributed by atoms with Crippen LogP contribution in [0.25, 0.3) is 0 Å². The first-order valence-electron chi connectivity index (χ1n) is 5.21. The van der Waals surface area contributed by atoms with Gasteiger partial charge in [-0.05, 0) is 6.92 Å². The fraction of sp³-hybridized carbons (Fsp3) is 0.455. The number of hydrogen-bond acceptors (Lipinski definition) is 7. The van der Waals surface area contributed by atoms with Gasteiger partial charge in [-0.1, -0.05) is 0 Å². The van der Waals surface area contributed by atoms with Crippen LogP contribution >= 0.6 is 11.3 Å². The molecule has 0 radical (unpaired) electrons. The fourth-order valence-electron chi connectivity index (χ4n) is 1.42. The van der Waals surface area contributed by atoms with Gasteiger partial charge in [-0.25, -0.2) is 4.79 Å². The van der Waals surface area contributed by atoms with Crippen molar-refractivity contribution in [3.05, 3.63) is 10.4 Å². The molecule has 1 atom stereocenters. The predicted molar refractivity (Wildman–Crippen MR) is 69.7 cm³/mol. The molecule has 1 heterocycles. The van der Waals surface area contributed by atoms with Gasteiger partial charge in [0.25, 0.3) is 0 Å². The van der Waals surface area contributed by atoms with Crippen molar-refractivity contribution in [2.24, 2.45) is 0 Å². The first-order valence-corrected chi connectivity index (χ1v) is 6.02. The molecule has 98 valence electrons. The van der Waals surface area contributed by atoms with E-state index in [2.05, 4.69) is 10.1 Å². The highest BCUT2D eigenvalue weighted by molar-refractivity contribution is 7.18. The summed E-state index contributed by atoms with van der Waals surface area (Å²) in [5, 5.41) is 12.7. The van der Waals surface area contributed by atoms with E-state index in [9.17, 15) is 4.79 Å². The summed E-state index contributed by atoms with van der Waals surface area (Å²) in [6.07, 6.45) is 0. The highest BCUT2D eigenvalue weighted by atomic mass is 32.1. The lowest BCUT2D eigenvalue weighted by atomic mass is 10.2. The Morgan fingerprint density at radius 2 is 2.28 bits per heavy atom. The molecular weight excluding hydrogens is 254 g/mol. The normalized spacial score (nSPS) is 11.7. The summed E-state index contributed by atoms with van der Waals surface area (Å²) in [5.41, 5.74) is 6.18. The van der Waals surface area contributed by atoms with Gasteiger partial charge < -0.3 is 20.5 Å². The Kier molecular flexibility index (Phi) is 4.95. The van der Waals surface area contributed by atoms with E-state index in [4.69, 9.17) is 15.7 Å². The maximum atomic E-state index is 11.5. The van der Waals surface area contributed by atoms with Gasteiger partial charge in [0, 0.05) is 13.2 Å². The topological polar surface area (TPSA) is 97.4 Å². The summed E-state index contributed by atoms with van der Waals surface area (Å²) in [5.74, 6) is -0.540. The third-order valence-corrected chi connectivity index (χ3v) is 3.34. The van der Waals surface area contributed by atoms with Crippen LogP contribution in [0.3, 0.4) is 0 Å². The standard InChI is InChI=1S/C11H15N3O3S/c1-6(5-16-2)14-10-7(4-12)8(13)9(18-10)11(15)17-3/h6,14H,5,13H2,1-3H3. The Morgan fingerprint density at radius 3 is 2.78 bits per heavy atom. The van der Waals surface area contributed by atoms with Crippen molar-refractivity contribution in [2.45, 2.75) is 13.0 Å². The van der Waals surface area contributed by atoms with Crippen LogP contribution < -0.4 is 11.1 Å². The molecule has 0 aliphatic carbocycles. The average molecular weight is 269 g/mol. The number of rotatable bonds is 5. The van der Waals surface area contributed by atoms with Crippen molar-refractivity contribution < 1.29 is 14.3 Å². The number of carbonyl (C=O) groups excluding carboxylic acids is 1. The lowest BCUT2D eigenvalue weighted by Gasteiger charge is -2.12. The predicted octanol–water partition coefficient (Wildman–Crippen LogP) is 1.44. The number of ether oxygens (including phenoxy) is 2. The highest BCUT2D eigenvalue weighted by Gasteiger charge is 2.22. The Balaban J connectivity index is 3.05. The van der Waals surface area contributed by atoms with Crippen LogP contribution in [0.5, 0.6) is 0 Å². The van der Waals surface area contributed by atoms with E-state index in [0.717, 1.165) is 11.3 Å². The Bertz CT molecular complexity index is 479. The molecule has 18 heavy (non-hydrogen) atoms. The monoisotopic (exact) mass is 269 g/mol. The van der Waals surface area contributed by atoms with Crippen LogP contribution in [0, 0.1) is 11.3 Å². The Hall–Kier alpha value is -1.78. The summed E-state index contributed by atoms with van der Waals surface area (Å²) in [7, 11) is 2.86. The van der Waals surface area contributed by atoms with Crippen molar-refractivity contribution >= 4 is 28.0 Å². The fourth-order valence-corrected chi connectivity index (χ4v) is 2.52. The van der Waals surface area contributed by atoms with E-state index in [-0.39, 0.29) is 22.2 Å². The molecule has 6 nitrogen and oxygen atoms in total. The van der Waals surface area contributed by atoms with Crippen molar-refractivity contribution in [3.8, 4) is 6.07 Å². The number of nitrogens with one attached hydrogen (secondary N) is 1. The molecule has 0 spiro atoms. The molecule has 1 aromatic rings. The highest BCUT2D eigenvalue weighted by Crippen LogP contribution is 2.35. The number of methoxy groups -OCH3 is 2. The first kappa shape index (κ1) is 14.3. The van der Waals surface area contributed by atoms with Crippen LogP contribution in [0.15, 0.2) is 0 Å². The van der Waals surface area contributed by atoms with Gasteiger partial charge in [-0.2, -0.15) is 5.26 Å². The van der Waals surface area contributed by atoms with Crippen LogP contribution in [0.4, 0.5) is 10.7 Å². The van der Waals surface area contributed by atoms with E-state index in [0.29, 0.717) is 11.6 Å². The minimum absolute atomic E-state index is 0.00523. The van der Waals surface area contributed by atoms with E-state index in [1.54, 1.807) is 7.11 Å². The van der Waals surface area contributed by atoms with E-state index >= 15 is 0 Å². The number of anilines is 2. The SMILES string of the molecule is COCC(C)Nc1sc(C(=O)OC)c(N)c1C#N. The van der Waals surface area contributed by atoms with Gasteiger partial charge >= 0.3 is 5.97 Å². The number of nitriles is 1. The lowest BCUT2D eigenvalue weighted by Crippen LogP contribution is -2.20. The van der Waals surface area contributed by atoms with Crippen LogP contribution in [0.1, 0.15) is 22.2 Å². The number of hydrogen-bond donors (Lipinski definition) is 2. The van der Waals surface area contributed by atoms with Gasteiger partial charge in [0.15, 0.2) is 0 Å². The van der Waals surface area contributed by atoms with Crippen molar-refractivity contribution in [3.63, 3.8) is 0 Å². The van der Waals surface area contributed by atoms with E-state index in [1.165, 1.54) is 7.11 Å². The summed E-state index contributed by atoms with van der Waals surface area (Å²) in [6.45, 7) is 2.38. The molecule has 0 bridgehead atoms. The molecule has 1 rings (SSSR count). The molecule has 0 aliphatic rings. The number of carbonyl (C=O) groups is 1. The third-order valence-electron chi connectivity index (χ3n) is 2.22. The minimum Gasteiger partial charge on any atom is -0.465 e. The largest absolute Gasteiger partial charge is 0.465 e. The number of nitrogens with two attached hydrogens (primary N) is 1. The van der Waals surface area contributed by atoms with Crippen LogP contribution in [-0.2, 0) is 9.47 Å². The quantitative estimate of drug-likeness (QED) is 0.785. The second-order valence-corrected chi connectivity index (χ2v) is 4.67. The van der Waals surface area contributed by atoms with Gasteiger partial charge in [-0.15, -0.1) is 11.3 Å². The number of thiophene rings is 1. The maximum Gasteiger partial charge on any atom is 0.350 e. The molecule has 0 aromatic carbocycles. The Morgan fingerprint density at radius 1 is 1.61 bits per heavy atom. The van der Waals surface area contributed by atoms with Gasteiger partial charge in [0.05, 0.1) is 19.4 Å². The lowest BCUT2D eigenvalue weighted by molar-refractivity contribution is 0.0607. The summed E-state index contributed by atoms with van der Waals surface area (Å²) in [6, 6.07) is 1.99. The molecule has 0 saturated heterocycles. The molecule has 7 heteroatoms. The van der Waals surface area contributed by atoms with Crippen LogP contribution in [-0.4, -0.2) is 32.8 Å². The van der Waals surface area contributed by atoms with E-state index < -0.39 is 5.97 Å².